The van der Waals surface area contributed by atoms with Gasteiger partial charge in [0.25, 0.3) is 15.6 Å². The number of imidazole rings is 1. The summed E-state index contributed by atoms with van der Waals surface area (Å²) in [7, 11) is -3.73. The molecule has 8 nitrogen and oxygen atoms in total. The molecule has 164 valence electrons. The fraction of sp³-hybridized carbons (Fsp3) is 0.0417. The van der Waals surface area contributed by atoms with Gasteiger partial charge in [0, 0.05) is 11.3 Å². The standard InChI is InChI=1S/C24H18N4O4S/c29-22(15-27-23-14-25-16-28(23)21-9-5-4-8-20(21)24(27)30)17-10-12-18(13-11-17)26-33(31,32)19-6-2-1-3-7-19/h1-14,16,26H,15H2. The number of benzene rings is 3. The molecule has 0 aliphatic heterocycles. The number of para-hydroxylation sites is 1. The summed E-state index contributed by atoms with van der Waals surface area (Å²) in [6, 6.07) is 21.3. The van der Waals surface area contributed by atoms with E-state index in [2.05, 4.69) is 9.71 Å². The largest absolute Gasteiger partial charge is 0.292 e. The van der Waals surface area contributed by atoms with E-state index in [1.54, 1.807) is 47.3 Å². The number of Topliss-reactive ketones (excluding diaryl/α,β-unsaturated/α-hetero) is 1. The lowest BCUT2D eigenvalue weighted by atomic mass is 10.1. The van der Waals surface area contributed by atoms with Gasteiger partial charge in [-0.1, -0.05) is 30.3 Å². The van der Waals surface area contributed by atoms with E-state index in [0.717, 1.165) is 0 Å². The second-order valence-electron chi connectivity index (χ2n) is 7.45. The number of ketones is 1. The number of rotatable bonds is 6. The van der Waals surface area contributed by atoms with E-state index in [-0.39, 0.29) is 22.8 Å². The number of fused-ring (bicyclic) bond motifs is 3. The van der Waals surface area contributed by atoms with Crippen molar-refractivity contribution in [2.45, 2.75) is 11.4 Å². The molecule has 0 spiro atoms. The lowest BCUT2D eigenvalue weighted by Gasteiger charge is -2.11. The van der Waals surface area contributed by atoms with Crippen molar-refractivity contribution in [3.8, 4) is 0 Å². The Labute approximate surface area is 188 Å². The Hall–Kier alpha value is -4.24. The van der Waals surface area contributed by atoms with Crippen molar-refractivity contribution in [1.82, 2.24) is 14.0 Å². The van der Waals surface area contributed by atoms with Gasteiger partial charge in [0.05, 0.1) is 28.5 Å². The molecule has 0 aliphatic rings. The molecule has 0 radical (unpaired) electrons. The molecule has 9 heteroatoms. The summed E-state index contributed by atoms with van der Waals surface area (Å²) in [6.45, 7) is -0.173. The van der Waals surface area contributed by atoms with E-state index in [9.17, 15) is 18.0 Å². The zero-order valence-corrected chi connectivity index (χ0v) is 18.1. The molecule has 33 heavy (non-hydrogen) atoms. The number of carbonyl (C=O) groups excluding carboxylic acids is 1. The molecule has 0 bridgehead atoms. The van der Waals surface area contributed by atoms with Crippen molar-refractivity contribution in [3.05, 3.63) is 107 Å². The van der Waals surface area contributed by atoms with E-state index >= 15 is 0 Å². The first-order valence-electron chi connectivity index (χ1n) is 10.1. The number of anilines is 1. The van der Waals surface area contributed by atoms with Crippen molar-refractivity contribution in [2.24, 2.45) is 0 Å². The maximum atomic E-state index is 13.0. The maximum Gasteiger partial charge on any atom is 0.262 e. The van der Waals surface area contributed by atoms with Crippen LogP contribution in [0.2, 0.25) is 0 Å². The highest BCUT2D eigenvalue weighted by atomic mass is 32.2. The summed E-state index contributed by atoms with van der Waals surface area (Å²) in [5.41, 5.74) is 1.64. The zero-order chi connectivity index (χ0) is 23.0. The van der Waals surface area contributed by atoms with Crippen LogP contribution in [0.3, 0.4) is 0 Å². The molecule has 3 aromatic carbocycles. The van der Waals surface area contributed by atoms with Gasteiger partial charge >= 0.3 is 0 Å². The Bertz CT molecular complexity index is 1650. The van der Waals surface area contributed by atoms with Crippen LogP contribution in [0.25, 0.3) is 16.6 Å². The Kier molecular flexibility index (Phi) is 5.02. The molecule has 0 saturated heterocycles. The predicted molar refractivity (Wildman–Crippen MR) is 125 cm³/mol. The van der Waals surface area contributed by atoms with Crippen LogP contribution < -0.4 is 10.3 Å². The van der Waals surface area contributed by atoms with Gasteiger partial charge in [0.15, 0.2) is 5.78 Å². The minimum Gasteiger partial charge on any atom is -0.292 e. The first kappa shape index (κ1) is 20.7. The Morgan fingerprint density at radius 2 is 1.61 bits per heavy atom. The number of aromatic nitrogens is 3. The maximum absolute atomic E-state index is 13.0. The Morgan fingerprint density at radius 1 is 0.909 bits per heavy atom. The highest BCUT2D eigenvalue weighted by Crippen LogP contribution is 2.18. The van der Waals surface area contributed by atoms with E-state index < -0.39 is 10.0 Å². The lowest BCUT2D eigenvalue weighted by Crippen LogP contribution is -2.26. The second kappa shape index (κ2) is 8.03. The van der Waals surface area contributed by atoms with Crippen LogP contribution in [0.1, 0.15) is 10.4 Å². The topological polar surface area (TPSA) is 103 Å². The monoisotopic (exact) mass is 458 g/mol. The van der Waals surface area contributed by atoms with Gasteiger partial charge < -0.3 is 0 Å². The molecule has 1 N–H and O–H groups in total. The molecular weight excluding hydrogens is 440 g/mol. The highest BCUT2D eigenvalue weighted by Gasteiger charge is 2.16. The van der Waals surface area contributed by atoms with Gasteiger partial charge in [-0.15, -0.1) is 0 Å². The van der Waals surface area contributed by atoms with Crippen molar-refractivity contribution >= 4 is 38.0 Å². The van der Waals surface area contributed by atoms with Gasteiger partial charge in [-0.05, 0) is 48.5 Å². The van der Waals surface area contributed by atoms with Gasteiger partial charge in [-0.25, -0.2) is 13.4 Å². The van der Waals surface area contributed by atoms with Crippen molar-refractivity contribution in [1.29, 1.82) is 0 Å². The summed E-state index contributed by atoms with van der Waals surface area (Å²) in [5, 5.41) is 0.487. The molecule has 0 unspecified atom stereocenters. The van der Waals surface area contributed by atoms with Crippen molar-refractivity contribution in [2.75, 3.05) is 4.72 Å². The number of hydrogen-bond acceptors (Lipinski definition) is 5. The number of carbonyl (C=O) groups is 1. The molecule has 5 aromatic rings. The lowest BCUT2D eigenvalue weighted by molar-refractivity contribution is 0.0972. The predicted octanol–water partition coefficient (Wildman–Crippen LogP) is 3.33. The molecule has 0 aliphatic carbocycles. The minimum atomic E-state index is -3.73. The first-order valence-corrected chi connectivity index (χ1v) is 11.6. The molecule has 2 heterocycles. The second-order valence-corrected chi connectivity index (χ2v) is 9.13. The van der Waals surface area contributed by atoms with Crippen LogP contribution in [0.5, 0.6) is 0 Å². The van der Waals surface area contributed by atoms with E-state index in [0.29, 0.717) is 27.8 Å². The van der Waals surface area contributed by atoms with Gasteiger partial charge in [0.1, 0.15) is 12.0 Å². The van der Waals surface area contributed by atoms with Crippen LogP contribution in [0, 0.1) is 0 Å². The number of nitrogens with one attached hydrogen (secondary N) is 1. The van der Waals surface area contributed by atoms with Crippen molar-refractivity contribution in [3.63, 3.8) is 0 Å². The van der Waals surface area contributed by atoms with Crippen LogP contribution in [0.15, 0.2) is 101 Å². The average Bonchev–Trinajstić information content (AvgIpc) is 3.32. The summed E-state index contributed by atoms with van der Waals surface area (Å²) >= 11 is 0. The SMILES string of the molecule is O=C(Cn1c(=O)c2ccccc2n2cncc12)c1ccc(NS(=O)(=O)c2ccccc2)cc1. The molecule has 0 saturated carbocycles. The smallest absolute Gasteiger partial charge is 0.262 e. The molecular formula is C24H18N4O4S. The van der Waals surface area contributed by atoms with E-state index in [4.69, 9.17) is 0 Å². The third kappa shape index (κ3) is 3.79. The van der Waals surface area contributed by atoms with E-state index in [1.807, 2.05) is 12.1 Å². The summed E-state index contributed by atoms with van der Waals surface area (Å²) in [5.74, 6) is -0.284. The summed E-state index contributed by atoms with van der Waals surface area (Å²) in [6.07, 6.45) is 3.15. The highest BCUT2D eigenvalue weighted by molar-refractivity contribution is 7.92. The number of nitrogens with zero attached hydrogens (tertiary/aromatic N) is 3. The molecule has 0 fully saturated rings. The third-order valence-electron chi connectivity index (χ3n) is 5.35. The quantitative estimate of drug-likeness (QED) is 0.393. The fourth-order valence-corrected chi connectivity index (χ4v) is 4.79. The Morgan fingerprint density at radius 3 is 2.36 bits per heavy atom. The third-order valence-corrected chi connectivity index (χ3v) is 6.75. The van der Waals surface area contributed by atoms with E-state index in [1.165, 1.54) is 41.0 Å². The van der Waals surface area contributed by atoms with Crippen LogP contribution >= 0.6 is 0 Å². The molecule has 0 atom stereocenters. The van der Waals surface area contributed by atoms with Crippen LogP contribution in [-0.2, 0) is 16.6 Å². The van der Waals surface area contributed by atoms with Crippen LogP contribution in [-0.4, -0.2) is 28.2 Å². The summed E-state index contributed by atoms with van der Waals surface area (Å²) < 4.78 is 30.6. The fourth-order valence-electron chi connectivity index (χ4n) is 3.71. The first-order chi connectivity index (χ1) is 15.9. The number of sulfonamides is 1. The van der Waals surface area contributed by atoms with Crippen molar-refractivity contribution < 1.29 is 13.2 Å². The zero-order valence-electron chi connectivity index (χ0n) is 17.3. The molecule has 5 rings (SSSR count). The molecule has 0 amide bonds. The minimum absolute atomic E-state index is 0.144. The Balaban J connectivity index is 1.42. The van der Waals surface area contributed by atoms with Gasteiger partial charge in [-0.3, -0.25) is 23.3 Å². The van der Waals surface area contributed by atoms with Gasteiger partial charge in [-0.2, -0.15) is 0 Å². The normalized spacial score (nSPS) is 11.6. The van der Waals surface area contributed by atoms with Gasteiger partial charge in [0.2, 0.25) is 0 Å². The van der Waals surface area contributed by atoms with Crippen LogP contribution in [0.4, 0.5) is 5.69 Å². The summed E-state index contributed by atoms with van der Waals surface area (Å²) in [4.78, 5) is 30.3. The average molecular weight is 458 g/mol. The molecule has 2 aromatic heterocycles. The number of hydrogen-bond donors (Lipinski definition) is 1.